The van der Waals surface area contributed by atoms with Gasteiger partial charge in [0.2, 0.25) is 0 Å². The highest BCUT2D eigenvalue weighted by molar-refractivity contribution is 5.56. The molecule has 0 amide bonds. The smallest absolute Gasteiger partial charge is 0.168 e. The minimum Gasteiger partial charge on any atom is -0.352 e. The second-order valence-corrected chi connectivity index (χ2v) is 6.96. The molecule has 2 aliphatic rings. The third-order valence-corrected chi connectivity index (χ3v) is 4.88. The number of fused-ring (bicyclic) bond motifs is 1. The van der Waals surface area contributed by atoms with Crippen molar-refractivity contribution in [3.8, 4) is 0 Å². The maximum Gasteiger partial charge on any atom is 0.168 e. The molecular weight excluding hydrogens is 238 g/mol. The lowest BCUT2D eigenvalue weighted by atomic mass is 9.69. The summed E-state index contributed by atoms with van der Waals surface area (Å²) in [6.07, 6.45) is 4.30. The van der Waals surface area contributed by atoms with Crippen LogP contribution in [0.2, 0.25) is 0 Å². The lowest BCUT2D eigenvalue weighted by Crippen LogP contribution is -2.65. The normalized spacial score (nSPS) is 38.5. The van der Waals surface area contributed by atoms with Gasteiger partial charge in [-0.15, -0.1) is 0 Å². The molecule has 0 spiro atoms. The SMILES string of the molecule is C=C(C)CN1[C@H](C=O)O[C@@H]2C[C@H](C)CC[C@H]2C1(C)C. The lowest BCUT2D eigenvalue weighted by Gasteiger charge is -2.56. The van der Waals surface area contributed by atoms with E-state index in [1.165, 1.54) is 12.8 Å². The van der Waals surface area contributed by atoms with E-state index in [0.717, 1.165) is 24.8 Å². The van der Waals surface area contributed by atoms with Crippen LogP contribution in [0.3, 0.4) is 0 Å². The van der Waals surface area contributed by atoms with Gasteiger partial charge in [0.15, 0.2) is 12.5 Å². The van der Waals surface area contributed by atoms with Crippen LogP contribution in [0.1, 0.15) is 47.0 Å². The Kier molecular flexibility index (Phi) is 4.17. The van der Waals surface area contributed by atoms with E-state index >= 15 is 0 Å². The molecule has 1 saturated heterocycles. The van der Waals surface area contributed by atoms with Crippen LogP contribution in [-0.4, -0.2) is 35.6 Å². The molecule has 2 fully saturated rings. The fraction of sp³-hybridized carbons (Fsp3) is 0.812. The zero-order valence-electron chi connectivity index (χ0n) is 12.7. The average Bonchev–Trinajstić information content (AvgIpc) is 2.31. The van der Waals surface area contributed by atoms with E-state index in [9.17, 15) is 4.79 Å². The molecule has 108 valence electrons. The molecule has 0 radical (unpaired) electrons. The summed E-state index contributed by atoms with van der Waals surface area (Å²) in [7, 11) is 0. The highest BCUT2D eigenvalue weighted by Gasteiger charge is 2.50. The van der Waals surface area contributed by atoms with Crippen molar-refractivity contribution in [2.75, 3.05) is 6.54 Å². The molecule has 3 nitrogen and oxygen atoms in total. The molecule has 1 saturated carbocycles. The van der Waals surface area contributed by atoms with Gasteiger partial charge in [0.25, 0.3) is 0 Å². The fourth-order valence-corrected chi connectivity index (χ4v) is 3.77. The molecule has 1 aliphatic heterocycles. The van der Waals surface area contributed by atoms with Gasteiger partial charge in [-0.05, 0) is 39.5 Å². The van der Waals surface area contributed by atoms with Crippen molar-refractivity contribution in [3.05, 3.63) is 12.2 Å². The first-order valence-electron chi connectivity index (χ1n) is 7.38. The molecule has 0 unspecified atom stereocenters. The van der Waals surface area contributed by atoms with E-state index in [2.05, 4.69) is 32.3 Å². The van der Waals surface area contributed by atoms with Crippen LogP contribution < -0.4 is 0 Å². The summed E-state index contributed by atoms with van der Waals surface area (Å²) in [5.41, 5.74) is 1.07. The average molecular weight is 265 g/mol. The summed E-state index contributed by atoms with van der Waals surface area (Å²) >= 11 is 0. The van der Waals surface area contributed by atoms with E-state index in [1.807, 2.05) is 6.92 Å². The van der Waals surface area contributed by atoms with Crippen molar-refractivity contribution in [3.63, 3.8) is 0 Å². The Morgan fingerprint density at radius 3 is 2.74 bits per heavy atom. The van der Waals surface area contributed by atoms with Gasteiger partial charge in [-0.25, -0.2) is 0 Å². The van der Waals surface area contributed by atoms with Gasteiger partial charge in [-0.3, -0.25) is 9.69 Å². The molecule has 1 heterocycles. The minimum atomic E-state index is -0.418. The first-order chi connectivity index (χ1) is 8.86. The monoisotopic (exact) mass is 265 g/mol. The first-order valence-corrected chi connectivity index (χ1v) is 7.38. The zero-order chi connectivity index (χ0) is 14.2. The molecule has 0 N–H and O–H groups in total. The summed E-state index contributed by atoms with van der Waals surface area (Å²) < 4.78 is 6.08. The van der Waals surface area contributed by atoms with Crippen molar-refractivity contribution in [1.82, 2.24) is 4.90 Å². The summed E-state index contributed by atoms with van der Waals surface area (Å²) in [5, 5.41) is 0. The number of hydrogen-bond acceptors (Lipinski definition) is 3. The fourth-order valence-electron chi connectivity index (χ4n) is 3.77. The maximum atomic E-state index is 11.4. The van der Waals surface area contributed by atoms with Crippen LogP contribution in [0.25, 0.3) is 0 Å². The Hall–Kier alpha value is -0.670. The third kappa shape index (κ3) is 2.77. The quantitative estimate of drug-likeness (QED) is 0.580. The molecular formula is C16H27NO2. The van der Waals surface area contributed by atoms with Gasteiger partial charge >= 0.3 is 0 Å². The molecule has 0 aromatic carbocycles. The van der Waals surface area contributed by atoms with Crippen molar-refractivity contribution >= 4 is 6.29 Å². The number of aldehydes is 1. The Morgan fingerprint density at radius 2 is 2.16 bits per heavy atom. The predicted octanol–water partition coefficient (Wildman–Crippen LogP) is 3.00. The van der Waals surface area contributed by atoms with E-state index in [0.29, 0.717) is 11.8 Å². The summed E-state index contributed by atoms with van der Waals surface area (Å²) in [6.45, 7) is 13.5. The second kappa shape index (κ2) is 5.37. The summed E-state index contributed by atoms with van der Waals surface area (Å²) in [4.78, 5) is 13.6. The van der Waals surface area contributed by atoms with Gasteiger partial charge in [0, 0.05) is 18.0 Å². The van der Waals surface area contributed by atoms with E-state index in [1.54, 1.807) is 0 Å². The minimum absolute atomic E-state index is 0.00637. The first kappa shape index (κ1) is 14.7. The maximum absolute atomic E-state index is 11.4. The highest BCUT2D eigenvalue weighted by atomic mass is 16.5. The van der Waals surface area contributed by atoms with Crippen molar-refractivity contribution in [2.24, 2.45) is 11.8 Å². The van der Waals surface area contributed by atoms with Crippen LogP contribution >= 0.6 is 0 Å². The Balaban J connectivity index is 2.25. The van der Waals surface area contributed by atoms with Crippen LogP contribution in [0, 0.1) is 11.8 Å². The Bertz CT molecular complexity index is 364. The summed E-state index contributed by atoms with van der Waals surface area (Å²) in [5.74, 6) is 1.22. The molecule has 3 heteroatoms. The number of ether oxygens (including phenoxy) is 1. The summed E-state index contributed by atoms with van der Waals surface area (Å²) in [6, 6.07) is 0. The Labute approximate surface area is 117 Å². The standard InChI is InChI=1S/C16H27NO2/c1-11(2)9-17-15(10-18)19-14-8-12(3)6-7-13(14)16(17,4)5/h10,12-15H,1,6-9H2,2-5H3/t12-,13-,14-,15+/m1/s1. The number of carbonyl (C=O) groups excluding carboxylic acids is 1. The van der Waals surface area contributed by atoms with E-state index in [4.69, 9.17) is 4.74 Å². The van der Waals surface area contributed by atoms with Gasteiger partial charge in [-0.1, -0.05) is 25.5 Å². The highest BCUT2D eigenvalue weighted by Crippen LogP contribution is 2.44. The lowest BCUT2D eigenvalue weighted by molar-refractivity contribution is -0.220. The number of carbonyl (C=O) groups is 1. The number of nitrogens with zero attached hydrogens (tertiary/aromatic N) is 1. The molecule has 19 heavy (non-hydrogen) atoms. The number of hydrogen-bond donors (Lipinski definition) is 0. The van der Waals surface area contributed by atoms with Crippen molar-refractivity contribution in [2.45, 2.75) is 64.8 Å². The van der Waals surface area contributed by atoms with Gasteiger partial charge < -0.3 is 4.74 Å². The van der Waals surface area contributed by atoms with Crippen LogP contribution in [0.5, 0.6) is 0 Å². The van der Waals surface area contributed by atoms with Gasteiger partial charge in [0.05, 0.1) is 6.10 Å². The van der Waals surface area contributed by atoms with Gasteiger partial charge in [0.1, 0.15) is 0 Å². The van der Waals surface area contributed by atoms with Gasteiger partial charge in [-0.2, -0.15) is 0 Å². The Morgan fingerprint density at radius 1 is 1.47 bits per heavy atom. The van der Waals surface area contributed by atoms with Crippen molar-refractivity contribution in [1.29, 1.82) is 0 Å². The van der Waals surface area contributed by atoms with E-state index in [-0.39, 0.29) is 11.6 Å². The largest absolute Gasteiger partial charge is 0.352 e. The zero-order valence-corrected chi connectivity index (χ0v) is 12.7. The third-order valence-electron chi connectivity index (χ3n) is 4.88. The molecule has 0 aromatic rings. The molecule has 0 bridgehead atoms. The molecule has 2 rings (SSSR count). The van der Waals surface area contributed by atoms with E-state index < -0.39 is 6.23 Å². The molecule has 4 atom stereocenters. The van der Waals surface area contributed by atoms with Crippen LogP contribution in [0.4, 0.5) is 0 Å². The van der Waals surface area contributed by atoms with Crippen LogP contribution in [0.15, 0.2) is 12.2 Å². The predicted molar refractivity (Wildman–Crippen MR) is 76.8 cm³/mol. The van der Waals surface area contributed by atoms with Crippen molar-refractivity contribution < 1.29 is 9.53 Å². The topological polar surface area (TPSA) is 29.5 Å². The van der Waals surface area contributed by atoms with Crippen LogP contribution in [-0.2, 0) is 9.53 Å². The molecule has 1 aliphatic carbocycles. The molecule has 0 aromatic heterocycles. The second-order valence-electron chi connectivity index (χ2n) is 6.96. The number of rotatable bonds is 3.